The van der Waals surface area contributed by atoms with E-state index in [1.807, 2.05) is 0 Å². The van der Waals surface area contributed by atoms with E-state index in [-0.39, 0.29) is 12.4 Å². The molecule has 5 nitrogen and oxygen atoms in total. The number of aliphatic hydroxyl groups is 2. The molecule has 0 amide bonds. The largest absolute Gasteiger partial charge is 0.432 e. The number of hydrogen-bond donors (Lipinski definition) is 3. The van der Waals surface area contributed by atoms with Crippen molar-refractivity contribution in [3.63, 3.8) is 0 Å². The van der Waals surface area contributed by atoms with Crippen LogP contribution >= 0.6 is 0 Å². The first-order valence-electron chi connectivity index (χ1n) is 5.59. The third-order valence-electron chi connectivity index (χ3n) is 2.69. The molecule has 0 aromatic heterocycles. The molecule has 0 rings (SSSR count). The number of nitrogens with zero attached hydrogens (tertiary/aromatic N) is 1. The molecule has 0 aliphatic heterocycles. The molecule has 0 bridgehead atoms. The van der Waals surface area contributed by atoms with E-state index in [0.717, 1.165) is 0 Å². The Morgan fingerprint density at radius 1 is 1.41 bits per heavy atom. The van der Waals surface area contributed by atoms with Gasteiger partial charge in [-0.1, -0.05) is 0 Å². The van der Waals surface area contributed by atoms with Crippen LogP contribution < -0.4 is 0 Å². The highest BCUT2D eigenvalue weighted by Crippen LogP contribution is 2.25. The summed E-state index contributed by atoms with van der Waals surface area (Å²) >= 11 is 0. The maximum atomic E-state index is 9.88. The molecule has 0 aromatic carbocycles. The highest BCUT2D eigenvalue weighted by Gasteiger charge is 2.36. The highest BCUT2D eigenvalue weighted by atomic mass is 16.5. The van der Waals surface area contributed by atoms with E-state index in [4.69, 9.17) is 15.2 Å². The summed E-state index contributed by atoms with van der Waals surface area (Å²) in [6, 6.07) is 0. The fourth-order valence-electron chi connectivity index (χ4n) is 0.764. The third kappa shape index (κ3) is 5.95. The van der Waals surface area contributed by atoms with Gasteiger partial charge in [0.2, 0.25) is 0 Å². The summed E-state index contributed by atoms with van der Waals surface area (Å²) in [5, 5.41) is 25.7. The van der Waals surface area contributed by atoms with Crippen LogP contribution in [0.4, 0.5) is 0 Å². The Morgan fingerprint density at radius 2 is 2.00 bits per heavy atom. The van der Waals surface area contributed by atoms with E-state index in [9.17, 15) is 5.11 Å². The van der Waals surface area contributed by atoms with Gasteiger partial charge in [0.1, 0.15) is 0 Å². The van der Waals surface area contributed by atoms with E-state index >= 15 is 0 Å². The lowest BCUT2D eigenvalue weighted by Gasteiger charge is -2.38. The van der Waals surface area contributed by atoms with Gasteiger partial charge in [0.25, 0.3) is 0 Å². The second-order valence-corrected chi connectivity index (χ2v) is 4.85. The van der Waals surface area contributed by atoms with Crippen LogP contribution in [0.15, 0.2) is 4.99 Å². The standard InChI is InChI=1S/C11H22BN2O3/c1-10(2,16)11(3,4)17-12-9(7-13)8-14-5-6-15/h7-9,13,15-16H,5-6H2,1-4H3. The topological polar surface area (TPSA) is 85.9 Å². The van der Waals surface area contributed by atoms with E-state index < -0.39 is 11.2 Å². The van der Waals surface area contributed by atoms with Crippen molar-refractivity contribution in [2.45, 2.75) is 44.7 Å². The molecule has 0 heterocycles. The van der Waals surface area contributed by atoms with Gasteiger partial charge in [0.15, 0.2) is 0 Å². The monoisotopic (exact) mass is 241 g/mol. The van der Waals surface area contributed by atoms with Crippen LogP contribution in [0.2, 0.25) is 5.82 Å². The van der Waals surface area contributed by atoms with Crippen molar-refractivity contribution in [2.75, 3.05) is 13.2 Å². The molecule has 17 heavy (non-hydrogen) atoms. The molecular weight excluding hydrogens is 219 g/mol. The van der Waals surface area contributed by atoms with Crippen molar-refractivity contribution in [3.05, 3.63) is 0 Å². The molecule has 1 unspecified atom stereocenters. The molecule has 0 saturated carbocycles. The first-order chi connectivity index (χ1) is 7.74. The smallest absolute Gasteiger partial charge is 0.308 e. The molecule has 0 saturated heterocycles. The van der Waals surface area contributed by atoms with E-state index in [2.05, 4.69) is 4.99 Å². The summed E-state index contributed by atoms with van der Waals surface area (Å²) in [6.45, 7) is 7.18. The maximum absolute atomic E-state index is 9.88. The predicted octanol–water partition coefficient (Wildman–Crippen LogP) is 0.673. The zero-order chi connectivity index (χ0) is 13.5. The minimum absolute atomic E-state index is 0.0166. The van der Waals surface area contributed by atoms with Gasteiger partial charge >= 0.3 is 7.48 Å². The predicted molar refractivity (Wildman–Crippen MR) is 70.2 cm³/mol. The van der Waals surface area contributed by atoms with Crippen molar-refractivity contribution in [3.8, 4) is 0 Å². The van der Waals surface area contributed by atoms with Crippen molar-refractivity contribution in [1.29, 1.82) is 5.41 Å². The van der Waals surface area contributed by atoms with Gasteiger partial charge < -0.3 is 20.3 Å². The quantitative estimate of drug-likeness (QED) is 0.431. The minimum atomic E-state index is -0.988. The Kier molecular flexibility index (Phi) is 6.59. The molecule has 0 fully saturated rings. The Morgan fingerprint density at radius 3 is 2.41 bits per heavy atom. The summed E-state index contributed by atoms with van der Waals surface area (Å²) in [7, 11) is 1.46. The lowest BCUT2D eigenvalue weighted by atomic mass is 9.78. The molecule has 0 aromatic rings. The average molecular weight is 241 g/mol. The lowest BCUT2D eigenvalue weighted by molar-refractivity contribution is -0.0903. The van der Waals surface area contributed by atoms with Gasteiger partial charge in [-0.3, -0.25) is 4.99 Å². The van der Waals surface area contributed by atoms with Gasteiger partial charge in [0.05, 0.1) is 24.4 Å². The molecule has 1 atom stereocenters. The van der Waals surface area contributed by atoms with Gasteiger partial charge in [-0.05, 0) is 33.9 Å². The first kappa shape index (κ1) is 16.3. The number of aliphatic hydroxyl groups excluding tert-OH is 1. The van der Waals surface area contributed by atoms with Gasteiger partial charge in [0, 0.05) is 12.0 Å². The maximum Gasteiger partial charge on any atom is 0.308 e. The molecule has 97 valence electrons. The van der Waals surface area contributed by atoms with E-state index in [0.29, 0.717) is 6.54 Å². The van der Waals surface area contributed by atoms with Crippen LogP contribution in [0.25, 0.3) is 0 Å². The Hall–Kier alpha value is -0.715. The van der Waals surface area contributed by atoms with Crippen molar-refractivity contribution in [1.82, 2.24) is 0 Å². The Bertz CT molecular complexity index is 262. The summed E-state index contributed by atoms with van der Waals surface area (Å²) in [5.74, 6) is -0.358. The molecular formula is C11H22BN2O3. The van der Waals surface area contributed by atoms with Gasteiger partial charge in [-0.2, -0.15) is 0 Å². The van der Waals surface area contributed by atoms with Crippen LogP contribution in [0.1, 0.15) is 27.7 Å². The molecule has 0 spiro atoms. The second kappa shape index (κ2) is 6.88. The van der Waals surface area contributed by atoms with E-state index in [1.54, 1.807) is 27.7 Å². The lowest BCUT2D eigenvalue weighted by Crippen LogP contribution is -2.48. The zero-order valence-corrected chi connectivity index (χ0v) is 11.0. The van der Waals surface area contributed by atoms with Crippen molar-refractivity contribution < 1.29 is 14.9 Å². The normalized spacial score (nSPS) is 14.9. The van der Waals surface area contributed by atoms with Crippen LogP contribution in [-0.2, 0) is 4.65 Å². The zero-order valence-electron chi connectivity index (χ0n) is 11.0. The number of aliphatic imine (C=N–C) groups is 1. The Balaban J connectivity index is 4.28. The molecule has 0 aliphatic carbocycles. The SMILES string of the molecule is CC(C)(O)C(C)(C)O[B]C(C=N)C=NCCO. The van der Waals surface area contributed by atoms with Gasteiger partial charge in [-0.15, -0.1) is 0 Å². The fourth-order valence-corrected chi connectivity index (χ4v) is 0.764. The fraction of sp³-hybridized carbons (Fsp3) is 0.818. The summed E-state index contributed by atoms with van der Waals surface area (Å²) < 4.78 is 5.50. The number of rotatable bonds is 8. The molecule has 1 radical (unpaired) electrons. The highest BCUT2D eigenvalue weighted by molar-refractivity contribution is 6.42. The summed E-state index contributed by atoms with van der Waals surface area (Å²) in [5.41, 5.74) is -1.74. The average Bonchev–Trinajstić information content (AvgIpc) is 2.21. The molecule has 3 N–H and O–H groups in total. The van der Waals surface area contributed by atoms with Gasteiger partial charge in [-0.25, -0.2) is 0 Å². The summed E-state index contributed by atoms with van der Waals surface area (Å²) in [4.78, 5) is 3.92. The number of hydrogen-bond acceptors (Lipinski definition) is 5. The molecule has 6 heteroatoms. The van der Waals surface area contributed by atoms with Crippen LogP contribution in [0, 0.1) is 5.41 Å². The van der Waals surface area contributed by atoms with Crippen molar-refractivity contribution in [2.24, 2.45) is 4.99 Å². The second-order valence-electron chi connectivity index (χ2n) is 4.85. The van der Waals surface area contributed by atoms with Crippen LogP contribution in [0.3, 0.4) is 0 Å². The summed E-state index contributed by atoms with van der Waals surface area (Å²) in [6.07, 6.45) is 2.71. The van der Waals surface area contributed by atoms with Crippen molar-refractivity contribution >= 4 is 19.9 Å². The number of nitrogens with one attached hydrogen (secondary N) is 1. The third-order valence-corrected chi connectivity index (χ3v) is 2.69. The minimum Gasteiger partial charge on any atom is -0.432 e. The Labute approximate surface area is 104 Å². The molecule has 0 aliphatic rings. The van der Waals surface area contributed by atoms with Crippen LogP contribution in [-0.4, -0.2) is 54.5 Å². The van der Waals surface area contributed by atoms with E-state index in [1.165, 1.54) is 19.9 Å². The first-order valence-corrected chi connectivity index (χ1v) is 5.59. The van der Waals surface area contributed by atoms with Crippen LogP contribution in [0.5, 0.6) is 0 Å².